The molecule has 0 aliphatic rings. The zero-order valence-corrected chi connectivity index (χ0v) is 14.7. The number of thiophene rings is 1. The zero-order chi connectivity index (χ0) is 16.1. The van der Waals surface area contributed by atoms with Crippen molar-refractivity contribution in [3.05, 3.63) is 39.0 Å². The Morgan fingerprint density at radius 1 is 1.09 bits per heavy atom. The molecule has 1 aromatic heterocycles. The summed E-state index contributed by atoms with van der Waals surface area (Å²) in [4.78, 5) is 1.21. The van der Waals surface area contributed by atoms with Crippen molar-refractivity contribution in [2.24, 2.45) is 0 Å². The lowest BCUT2D eigenvalue weighted by atomic mass is 10.1. The quantitative estimate of drug-likeness (QED) is 0.816. The van der Waals surface area contributed by atoms with Crippen LogP contribution in [0.2, 0.25) is 4.34 Å². The van der Waals surface area contributed by atoms with E-state index in [0.29, 0.717) is 23.8 Å². The Labute approximate surface area is 140 Å². The molecule has 4 nitrogen and oxygen atoms in total. The minimum atomic E-state index is 0.219. The summed E-state index contributed by atoms with van der Waals surface area (Å²) in [6.07, 6.45) is 0. The van der Waals surface area contributed by atoms with Crippen LogP contribution in [0, 0.1) is 0 Å². The van der Waals surface area contributed by atoms with Gasteiger partial charge in [-0.25, -0.2) is 0 Å². The van der Waals surface area contributed by atoms with E-state index in [0.717, 1.165) is 9.90 Å². The first kappa shape index (κ1) is 16.9. The number of methoxy groups -OCH3 is 3. The van der Waals surface area contributed by atoms with Gasteiger partial charge in [0.2, 0.25) is 5.75 Å². The third kappa shape index (κ3) is 3.85. The van der Waals surface area contributed by atoms with E-state index in [4.69, 9.17) is 25.8 Å². The molecule has 0 aliphatic heterocycles. The fourth-order valence-electron chi connectivity index (χ4n) is 2.17. The average Bonchev–Trinajstić information content (AvgIpc) is 2.97. The second-order valence-corrected chi connectivity index (χ2v) is 6.52. The van der Waals surface area contributed by atoms with Crippen LogP contribution in [0.4, 0.5) is 0 Å². The highest BCUT2D eigenvalue weighted by Gasteiger charge is 2.14. The summed E-state index contributed by atoms with van der Waals surface area (Å²) in [5.41, 5.74) is 1.06. The molecule has 1 atom stereocenters. The number of halogens is 1. The van der Waals surface area contributed by atoms with Crippen LogP contribution in [0.1, 0.15) is 23.4 Å². The Bertz CT molecular complexity index is 605. The van der Waals surface area contributed by atoms with Gasteiger partial charge in [0.25, 0.3) is 0 Å². The Kier molecular flexibility index (Phi) is 5.94. The minimum Gasteiger partial charge on any atom is -0.493 e. The number of rotatable bonds is 7. The van der Waals surface area contributed by atoms with E-state index in [9.17, 15) is 0 Å². The van der Waals surface area contributed by atoms with E-state index in [1.165, 1.54) is 4.88 Å². The highest BCUT2D eigenvalue weighted by atomic mass is 35.5. The van der Waals surface area contributed by atoms with E-state index >= 15 is 0 Å². The molecular weight excluding hydrogens is 322 g/mol. The minimum absolute atomic E-state index is 0.219. The molecule has 2 aromatic rings. The van der Waals surface area contributed by atoms with Crippen LogP contribution in [0.25, 0.3) is 0 Å². The molecule has 1 heterocycles. The SMILES string of the molecule is COc1cc(CN[C@@H](C)c2ccc(Cl)s2)cc(OC)c1OC. The monoisotopic (exact) mass is 341 g/mol. The van der Waals surface area contributed by atoms with E-state index in [1.54, 1.807) is 32.7 Å². The first-order valence-corrected chi connectivity index (χ1v) is 8.06. The second-order valence-electron chi connectivity index (χ2n) is 4.78. The van der Waals surface area contributed by atoms with E-state index in [1.807, 2.05) is 24.3 Å². The highest BCUT2D eigenvalue weighted by molar-refractivity contribution is 7.16. The summed E-state index contributed by atoms with van der Waals surface area (Å²) in [5, 5.41) is 3.47. The van der Waals surface area contributed by atoms with Gasteiger partial charge in [0.15, 0.2) is 11.5 Å². The fraction of sp³-hybridized carbons (Fsp3) is 0.375. The third-order valence-electron chi connectivity index (χ3n) is 3.36. The fourth-order valence-corrected chi connectivity index (χ4v) is 3.26. The van der Waals surface area contributed by atoms with Gasteiger partial charge in [-0.1, -0.05) is 11.6 Å². The molecule has 0 bridgehead atoms. The first-order chi connectivity index (χ1) is 10.6. The number of hydrogen-bond acceptors (Lipinski definition) is 5. The molecule has 0 aliphatic carbocycles. The Morgan fingerprint density at radius 3 is 2.18 bits per heavy atom. The highest BCUT2D eigenvalue weighted by Crippen LogP contribution is 2.38. The maximum Gasteiger partial charge on any atom is 0.203 e. The zero-order valence-electron chi connectivity index (χ0n) is 13.1. The Hall–Kier alpha value is -1.43. The molecule has 0 radical (unpaired) electrons. The number of benzene rings is 1. The summed E-state index contributed by atoms with van der Waals surface area (Å²) in [6, 6.07) is 8.07. The lowest BCUT2D eigenvalue weighted by molar-refractivity contribution is 0.323. The van der Waals surface area contributed by atoms with Crippen LogP contribution >= 0.6 is 22.9 Å². The third-order valence-corrected chi connectivity index (χ3v) is 4.77. The van der Waals surface area contributed by atoms with Crippen molar-refractivity contribution in [2.75, 3.05) is 21.3 Å². The molecule has 6 heteroatoms. The molecule has 0 saturated heterocycles. The lowest BCUT2D eigenvalue weighted by Crippen LogP contribution is -2.17. The van der Waals surface area contributed by atoms with E-state index < -0.39 is 0 Å². The van der Waals surface area contributed by atoms with Crippen LogP contribution in [-0.2, 0) is 6.54 Å². The molecule has 120 valence electrons. The average molecular weight is 342 g/mol. The molecule has 0 amide bonds. The molecule has 0 fully saturated rings. The van der Waals surface area contributed by atoms with Crippen molar-refractivity contribution < 1.29 is 14.2 Å². The smallest absolute Gasteiger partial charge is 0.203 e. The number of ether oxygens (including phenoxy) is 3. The Morgan fingerprint density at radius 2 is 1.73 bits per heavy atom. The summed E-state index contributed by atoms with van der Waals surface area (Å²) in [6.45, 7) is 2.80. The summed E-state index contributed by atoms with van der Waals surface area (Å²) in [5.74, 6) is 1.92. The number of nitrogens with one attached hydrogen (secondary N) is 1. The van der Waals surface area contributed by atoms with Crippen LogP contribution in [0.3, 0.4) is 0 Å². The molecule has 1 N–H and O–H groups in total. The lowest BCUT2D eigenvalue weighted by Gasteiger charge is -2.16. The van der Waals surface area contributed by atoms with Crippen molar-refractivity contribution in [3.63, 3.8) is 0 Å². The van der Waals surface area contributed by atoms with Crippen molar-refractivity contribution in [1.29, 1.82) is 0 Å². The predicted octanol–water partition coefficient (Wildman–Crippen LogP) is 4.28. The topological polar surface area (TPSA) is 39.7 Å². The first-order valence-electron chi connectivity index (χ1n) is 6.86. The van der Waals surface area contributed by atoms with Crippen LogP contribution < -0.4 is 19.5 Å². The van der Waals surface area contributed by atoms with Gasteiger partial charge in [0.1, 0.15) is 0 Å². The van der Waals surface area contributed by atoms with Crippen molar-refractivity contribution in [2.45, 2.75) is 19.5 Å². The van der Waals surface area contributed by atoms with E-state index in [2.05, 4.69) is 12.2 Å². The van der Waals surface area contributed by atoms with Gasteiger partial charge in [-0.2, -0.15) is 0 Å². The molecule has 0 spiro atoms. The largest absolute Gasteiger partial charge is 0.493 e. The van der Waals surface area contributed by atoms with Gasteiger partial charge in [-0.15, -0.1) is 11.3 Å². The van der Waals surface area contributed by atoms with Gasteiger partial charge in [0.05, 0.1) is 25.7 Å². The van der Waals surface area contributed by atoms with Gasteiger partial charge in [-0.05, 0) is 36.8 Å². The van der Waals surface area contributed by atoms with Crippen LogP contribution in [0.15, 0.2) is 24.3 Å². The summed E-state index contributed by atoms with van der Waals surface area (Å²) in [7, 11) is 4.83. The maximum atomic E-state index is 5.98. The van der Waals surface area contributed by atoms with Crippen LogP contribution in [0.5, 0.6) is 17.2 Å². The Balaban J connectivity index is 2.12. The molecule has 0 saturated carbocycles. The predicted molar refractivity (Wildman–Crippen MR) is 90.7 cm³/mol. The molecule has 0 unspecified atom stereocenters. The van der Waals surface area contributed by atoms with Gasteiger partial charge in [0, 0.05) is 17.5 Å². The van der Waals surface area contributed by atoms with Gasteiger partial charge >= 0.3 is 0 Å². The normalized spacial score (nSPS) is 12.0. The second kappa shape index (κ2) is 7.72. The van der Waals surface area contributed by atoms with E-state index in [-0.39, 0.29) is 6.04 Å². The van der Waals surface area contributed by atoms with Crippen molar-refractivity contribution in [3.8, 4) is 17.2 Å². The van der Waals surface area contributed by atoms with Crippen LogP contribution in [-0.4, -0.2) is 21.3 Å². The van der Waals surface area contributed by atoms with Crippen molar-refractivity contribution in [1.82, 2.24) is 5.32 Å². The molecule has 1 aromatic carbocycles. The molecule has 2 rings (SSSR count). The van der Waals surface area contributed by atoms with Gasteiger partial charge in [-0.3, -0.25) is 0 Å². The summed E-state index contributed by atoms with van der Waals surface area (Å²) >= 11 is 7.56. The van der Waals surface area contributed by atoms with Gasteiger partial charge < -0.3 is 19.5 Å². The van der Waals surface area contributed by atoms with Crippen molar-refractivity contribution >= 4 is 22.9 Å². The number of hydrogen-bond donors (Lipinski definition) is 1. The molecule has 22 heavy (non-hydrogen) atoms. The molecular formula is C16H20ClNO3S. The summed E-state index contributed by atoms with van der Waals surface area (Å²) < 4.78 is 16.9. The standard InChI is InChI=1S/C16H20ClNO3S/c1-10(14-5-6-15(17)22-14)18-9-11-7-12(19-2)16(21-4)13(8-11)20-3/h5-8,10,18H,9H2,1-4H3/t10-/m0/s1. The maximum absolute atomic E-state index is 5.98.